The molecule has 0 saturated carbocycles. The molecular weight excluding hydrogens is 261 g/mol. The fourth-order valence-electron chi connectivity index (χ4n) is 1.67. The van der Waals surface area contributed by atoms with Crippen LogP contribution in [0.5, 0.6) is 17.2 Å². The molecular formula is C13H9F3O3. The third-order valence-corrected chi connectivity index (χ3v) is 2.33. The van der Waals surface area contributed by atoms with Crippen molar-refractivity contribution in [3.05, 3.63) is 42.5 Å². The molecule has 0 heterocycles. The smallest absolute Gasteiger partial charge is 0.508 e. The van der Waals surface area contributed by atoms with Crippen LogP contribution in [0.2, 0.25) is 0 Å². The van der Waals surface area contributed by atoms with Gasteiger partial charge in [-0.05, 0) is 23.8 Å². The molecule has 2 aromatic rings. The lowest BCUT2D eigenvalue weighted by Gasteiger charge is -2.13. The quantitative estimate of drug-likeness (QED) is 0.875. The van der Waals surface area contributed by atoms with Crippen molar-refractivity contribution in [2.75, 3.05) is 0 Å². The van der Waals surface area contributed by atoms with Gasteiger partial charge in [-0.1, -0.05) is 18.2 Å². The Kier molecular flexibility index (Phi) is 3.25. The van der Waals surface area contributed by atoms with Gasteiger partial charge in [0.05, 0.1) is 0 Å². The van der Waals surface area contributed by atoms with Crippen LogP contribution >= 0.6 is 0 Å². The largest absolute Gasteiger partial charge is 0.573 e. The van der Waals surface area contributed by atoms with Crippen molar-refractivity contribution in [3.63, 3.8) is 0 Å². The van der Waals surface area contributed by atoms with E-state index in [0.29, 0.717) is 0 Å². The minimum absolute atomic E-state index is 0.117. The number of rotatable bonds is 2. The Labute approximate surface area is 106 Å². The van der Waals surface area contributed by atoms with Crippen molar-refractivity contribution < 1.29 is 28.1 Å². The van der Waals surface area contributed by atoms with E-state index in [2.05, 4.69) is 4.74 Å². The maximum Gasteiger partial charge on any atom is 0.573 e. The molecule has 0 aromatic heterocycles. The summed E-state index contributed by atoms with van der Waals surface area (Å²) in [7, 11) is 0. The number of alkyl halides is 3. The Balaban J connectivity index is 2.50. The number of aromatic hydroxyl groups is 2. The molecule has 0 atom stereocenters. The zero-order chi connectivity index (χ0) is 14.0. The highest BCUT2D eigenvalue weighted by Crippen LogP contribution is 2.36. The number of hydrogen-bond donors (Lipinski definition) is 2. The number of benzene rings is 2. The van der Waals surface area contributed by atoms with E-state index < -0.39 is 12.1 Å². The molecule has 0 spiro atoms. The van der Waals surface area contributed by atoms with E-state index in [1.165, 1.54) is 30.3 Å². The summed E-state index contributed by atoms with van der Waals surface area (Å²) in [5, 5.41) is 18.7. The Hall–Kier alpha value is -2.37. The van der Waals surface area contributed by atoms with Crippen LogP contribution < -0.4 is 4.74 Å². The van der Waals surface area contributed by atoms with Gasteiger partial charge in [0.2, 0.25) is 0 Å². The summed E-state index contributed by atoms with van der Waals surface area (Å²) in [5.74, 6) is -0.909. The van der Waals surface area contributed by atoms with Crippen molar-refractivity contribution in [2.24, 2.45) is 0 Å². The number of phenolic OH excluding ortho intramolecular Hbond substituents is 2. The van der Waals surface area contributed by atoms with Gasteiger partial charge < -0.3 is 14.9 Å². The average molecular weight is 270 g/mol. The first-order valence-corrected chi connectivity index (χ1v) is 5.23. The Bertz CT molecular complexity index is 574. The molecule has 0 aliphatic rings. The predicted molar refractivity (Wildman–Crippen MR) is 61.9 cm³/mol. The van der Waals surface area contributed by atoms with E-state index in [-0.39, 0.29) is 22.6 Å². The van der Waals surface area contributed by atoms with Crippen LogP contribution in [0.15, 0.2) is 42.5 Å². The molecule has 0 radical (unpaired) electrons. The number of ether oxygens (including phenoxy) is 1. The highest BCUT2D eigenvalue weighted by atomic mass is 19.4. The molecule has 0 amide bonds. The van der Waals surface area contributed by atoms with Crippen LogP contribution in [0.4, 0.5) is 13.2 Å². The first kappa shape index (κ1) is 13.1. The normalized spacial score (nSPS) is 11.3. The van der Waals surface area contributed by atoms with Crippen LogP contribution in [-0.2, 0) is 0 Å². The van der Waals surface area contributed by atoms with Crippen molar-refractivity contribution in [3.8, 4) is 28.4 Å². The summed E-state index contributed by atoms with van der Waals surface area (Å²) in [6.07, 6.45) is -4.81. The monoisotopic (exact) mass is 270 g/mol. The molecule has 19 heavy (non-hydrogen) atoms. The van der Waals surface area contributed by atoms with Crippen LogP contribution in [0.25, 0.3) is 11.1 Å². The van der Waals surface area contributed by atoms with Gasteiger partial charge in [-0.15, -0.1) is 13.2 Å². The second kappa shape index (κ2) is 4.72. The highest BCUT2D eigenvalue weighted by molar-refractivity contribution is 5.72. The molecule has 0 saturated heterocycles. The molecule has 0 aliphatic heterocycles. The third-order valence-electron chi connectivity index (χ3n) is 2.33. The average Bonchev–Trinajstić information content (AvgIpc) is 2.26. The van der Waals surface area contributed by atoms with Gasteiger partial charge in [0.15, 0.2) is 0 Å². The van der Waals surface area contributed by atoms with Gasteiger partial charge in [0.25, 0.3) is 0 Å². The number of halogens is 3. The molecule has 3 nitrogen and oxygen atoms in total. The van der Waals surface area contributed by atoms with Crippen molar-refractivity contribution in [1.29, 1.82) is 0 Å². The van der Waals surface area contributed by atoms with Gasteiger partial charge in [-0.2, -0.15) is 0 Å². The second-order valence-corrected chi connectivity index (χ2v) is 3.78. The lowest BCUT2D eigenvalue weighted by atomic mass is 10.0. The van der Waals surface area contributed by atoms with E-state index >= 15 is 0 Å². The Morgan fingerprint density at radius 2 is 1.47 bits per heavy atom. The number of hydrogen-bond acceptors (Lipinski definition) is 3. The van der Waals surface area contributed by atoms with Crippen LogP contribution in [-0.4, -0.2) is 16.6 Å². The minimum atomic E-state index is -4.81. The first-order valence-electron chi connectivity index (χ1n) is 5.23. The van der Waals surface area contributed by atoms with Gasteiger partial charge >= 0.3 is 6.36 Å². The standard InChI is InChI=1S/C13H9F3O3/c14-13(15,16)19-12-4-2-1-3-11(12)8-5-9(17)7-10(18)6-8/h1-7,17-18H. The Morgan fingerprint density at radius 1 is 0.895 bits per heavy atom. The maximum absolute atomic E-state index is 12.3. The summed E-state index contributed by atoms with van der Waals surface area (Å²) in [5.41, 5.74) is 0.336. The molecule has 0 aliphatic carbocycles. The molecule has 6 heteroatoms. The second-order valence-electron chi connectivity index (χ2n) is 3.78. The van der Waals surface area contributed by atoms with E-state index in [0.717, 1.165) is 12.1 Å². The van der Waals surface area contributed by atoms with Crippen molar-refractivity contribution in [2.45, 2.75) is 6.36 Å². The van der Waals surface area contributed by atoms with Crippen LogP contribution in [0.3, 0.4) is 0 Å². The fraction of sp³-hybridized carbons (Fsp3) is 0.0769. The summed E-state index contributed by atoms with van der Waals surface area (Å²) in [6, 6.07) is 9.03. The summed E-state index contributed by atoms with van der Waals surface area (Å²) in [4.78, 5) is 0. The van der Waals surface area contributed by atoms with Crippen molar-refractivity contribution in [1.82, 2.24) is 0 Å². The number of para-hydroxylation sites is 1. The van der Waals surface area contributed by atoms with Crippen LogP contribution in [0.1, 0.15) is 0 Å². The Morgan fingerprint density at radius 3 is 2.05 bits per heavy atom. The molecule has 100 valence electrons. The van der Waals surface area contributed by atoms with Crippen molar-refractivity contribution >= 4 is 0 Å². The topological polar surface area (TPSA) is 49.7 Å². The SMILES string of the molecule is Oc1cc(O)cc(-c2ccccc2OC(F)(F)F)c1. The molecule has 2 aromatic carbocycles. The zero-order valence-corrected chi connectivity index (χ0v) is 9.48. The van der Waals surface area contributed by atoms with Gasteiger partial charge in [-0.25, -0.2) is 0 Å². The molecule has 2 rings (SSSR count). The molecule has 2 N–H and O–H groups in total. The van der Waals surface area contributed by atoms with Crippen LogP contribution in [0, 0.1) is 0 Å². The van der Waals surface area contributed by atoms with E-state index in [1.54, 1.807) is 0 Å². The van der Waals surface area contributed by atoms with Gasteiger partial charge in [-0.3, -0.25) is 0 Å². The van der Waals surface area contributed by atoms with E-state index in [9.17, 15) is 23.4 Å². The molecule has 0 unspecified atom stereocenters. The summed E-state index contributed by atoms with van der Waals surface area (Å²) >= 11 is 0. The predicted octanol–water partition coefficient (Wildman–Crippen LogP) is 3.66. The minimum Gasteiger partial charge on any atom is -0.508 e. The third kappa shape index (κ3) is 3.31. The molecule has 0 fully saturated rings. The van der Waals surface area contributed by atoms with Gasteiger partial charge in [0.1, 0.15) is 17.2 Å². The van der Waals surface area contributed by atoms with E-state index in [4.69, 9.17) is 0 Å². The summed E-state index contributed by atoms with van der Waals surface area (Å²) in [6.45, 7) is 0. The lowest BCUT2D eigenvalue weighted by Crippen LogP contribution is -2.17. The summed E-state index contributed by atoms with van der Waals surface area (Å²) < 4.78 is 40.7. The number of phenols is 2. The lowest BCUT2D eigenvalue weighted by molar-refractivity contribution is -0.274. The van der Waals surface area contributed by atoms with E-state index in [1.807, 2.05) is 0 Å². The molecule has 0 bridgehead atoms. The highest BCUT2D eigenvalue weighted by Gasteiger charge is 2.32. The fourth-order valence-corrected chi connectivity index (χ4v) is 1.67. The zero-order valence-electron chi connectivity index (χ0n) is 9.48. The first-order chi connectivity index (χ1) is 8.85. The van der Waals surface area contributed by atoms with Gasteiger partial charge in [0, 0.05) is 11.6 Å². The maximum atomic E-state index is 12.3.